The third-order valence-corrected chi connectivity index (χ3v) is 1.86. The maximum atomic E-state index is 10.7. The Hall–Kier alpha value is -1.72. The van der Waals surface area contributed by atoms with Crippen LogP contribution in [0.4, 0.5) is 5.82 Å². The zero-order valence-electron chi connectivity index (χ0n) is 8.06. The largest absolute Gasteiger partial charge is 0.381 e. The number of nitrogens with zero attached hydrogens (tertiary/aromatic N) is 3. The topological polar surface area (TPSA) is 78.0 Å². The molecule has 0 aliphatic heterocycles. The molecule has 0 radical (unpaired) electrons. The first-order valence-corrected chi connectivity index (χ1v) is 4.18. The molecule has 0 atom stereocenters. The first-order valence-electron chi connectivity index (χ1n) is 4.18. The van der Waals surface area contributed by atoms with Gasteiger partial charge in [-0.25, -0.2) is 0 Å². The molecular formula is C8H11N3O3. The Balaban J connectivity index is 2.77. The fourth-order valence-corrected chi connectivity index (χ4v) is 1.08. The Bertz CT molecular complexity index is 370. The van der Waals surface area contributed by atoms with Gasteiger partial charge in [0.1, 0.15) is 12.0 Å². The maximum absolute atomic E-state index is 10.7. The Morgan fingerprint density at radius 3 is 2.79 bits per heavy atom. The van der Waals surface area contributed by atoms with Crippen LogP contribution >= 0.6 is 0 Å². The third-order valence-electron chi connectivity index (χ3n) is 1.86. The lowest BCUT2D eigenvalue weighted by atomic mass is 10.3. The second-order valence-electron chi connectivity index (χ2n) is 3.05. The van der Waals surface area contributed by atoms with Crippen molar-refractivity contribution in [3.63, 3.8) is 0 Å². The summed E-state index contributed by atoms with van der Waals surface area (Å²) in [6.45, 7) is 3.61. The van der Waals surface area contributed by atoms with Gasteiger partial charge in [-0.2, -0.15) is 0 Å². The number of rotatable bonds is 4. The predicted octanol–water partition coefficient (Wildman–Crippen LogP) is 1.08. The van der Waals surface area contributed by atoms with Crippen LogP contribution in [0.2, 0.25) is 0 Å². The number of aromatic nitrogens is 2. The van der Waals surface area contributed by atoms with Crippen LogP contribution in [0.15, 0.2) is 6.20 Å². The lowest BCUT2D eigenvalue weighted by Gasteiger charge is -1.97. The molecule has 6 heteroatoms. The molecule has 1 rings (SSSR count). The molecule has 14 heavy (non-hydrogen) atoms. The normalized spacial score (nSPS) is 10.1. The molecule has 0 amide bonds. The molecular weight excluding hydrogens is 186 g/mol. The lowest BCUT2D eigenvalue weighted by Crippen LogP contribution is -2.03. The van der Waals surface area contributed by atoms with Crippen LogP contribution in [0.1, 0.15) is 19.2 Å². The summed E-state index contributed by atoms with van der Waals surface area (Å²) in [6.07, 6.45) is 1.71. The SMILES string of the molecule is CC(=O)CCn1cc([N+](=O)[O-])nc1C. The van der Waals surface area contributed by atoms with E-state index in [1.807, 2.05) is 0 Å². The van der Waals surface area contributed by atoms with Crippen LogP contribution in [0.5, 0.6) is 0 Å². The van der Waals surface area contributed by atoms with Crippen LogP contribution in [0.25, 0.3) is 0 Å². The van der Waals surface area contributed by atoms with E-state index in [1.54, 1.807) is 11.5 Å². The van der Waals surface area contributed by atoms with Crippen LogP contribution in [0, 0.1) is 17.0 Å². The van der Waals surface area contributed by atoms with E-state index >= 15 is 0 Å². The van der Waals surface area contributed by atoms with Gasteiger partial charge in [0.05, 0.1) is 0 Å². The highest BCUT2D eigenvalue weighted by molar-refractivity contribution is 5.75. The van der Waals surface area contributed by atoms with Gasteiger partial charge in [-0.15, -0.1) is 0 Å². The van der Waals surface area contributed by atoms with Crippen molar-refractivity contribution in [2.45, 2.75) is 26.8 Å². The minimum atomic E-state index is -0.544. The van der Waals surface area contributed by atoms with E-state index in [2.05, 4.69) is 4.98 Å². The average Bonchev–Trinajstić information content (AvgIpc) is 2.43. The summed E-state index contributed by atoms with van der Waals surface area (Å²) in [4.78, 5) is 24.3. The molecule has 6 nitrogen and oxygen atoms in total. The van der Waals surface area contributed by atoms with Gasteiger partial charge in [0, 0.05) is 19.9 Å². The van der Waals surface area contributed by atoms with Gasteiger partial charge in [0.2, 0.25) is 5.82 Å². The van der Waals surface area contributed by atoms with Crippen molar-refractivity contribution in [2.24, 2.45) is 0 Å². The second-order valence-corrected chi connectivity index (χ2v) is 3.05. The van der Waals surface area contributed by atoms with Crippen LogP contribution < -0.4 is 0 Å². The molecule has 1 heterocycles. The van der Waals surface area contributed by atoms with Crippen molar-refractivity contribution in [2.75, 3.05) is 0 Å². The van der Waals surface area contributed by atoms with Gasteiger partial charge < -0.3 is 14.7 Å². The summed E-state index contributed by atoms with van der Waals surface area (Å²) < 4.78 is 1.61. The number of Topliss-reactive ketones (excluding diaryl/α,β-unsaturated/α-hetero) is 1. The smallest absolute Gasteiger partial charge is 0.358 e. The number of carbonyl (C=O) groups is 1. The Kier molecular flexibility index (Phi) is 2.95. The van der Waals surface area contributed by atoms with Crippen molar-refractivity contribution in [3.8, 4) is 0 Å². The Labute approximate surface area is 80.7 Å². The monoisotopic (exact) mass is 197 g/mol. The summed E-state index contributed by atoms with van der Waals surface area (Å²) in [5.41, 5.74) is 0. The van der Waals surface area contributed by atoms with Crippen LogP contribution in [-0.4, -0.2) is 20.3 Å². The number of nitro groups is 1. The van der Waals surface area contributed by atoms with Crippen molar-refractivity contribution < 1.29 is 9.72 Å². The molecule has 0 unspecified atom stereocenters. The molecule has 0 aliphatic rings. The highest BCUT2D eigenvalue weighted by atomic mass is 16.6. The predicted molar refractivity (Wildman–Crippen MR) is 48.9 cm³/mol. The van der Waals surface area contributed by atoms with E-state index in [0.29, 0.717) is 18.8 Å². The van der Waals surface area contributed by atoms with Gasteiger partial charge in [0.25, 0.3) is 0 Å². The molecule has 1 aromatic heterocycles. The molecule has 0 fully saturated rings. The number of imidazole rings is 1. The summed E-state index contributed by atoms with van der Waals surface area (Å²) in [5, 5.41) is 10.4. The van der Waals surface area contributed by atoms with Crippen molar-refractivity contribution in [3.05, 3.63) is 22.1 Å². The Morgan fingerprint density at radius 1 is 1.71 bits per heavy atom. The fraction of sp³-hybridized carbons (Fsp3) is 0.500. The summed E-state index contributed by atoms with van der Waals surface area (Å²) >= 11 is 0. The fourth-order valence-electron chi connectivity index (χ4n) is 1.08. The molecule has 0 saturated carbocycles. The van der Waals surface area contributed by atoms with E-state index in [0.717, 1.165) is 0 Å². The number of aryl methyl sites for hydroxylation is 2. The highest BCUT2D eigenvalue weighted by Crippen LogP contribution is 2.10. The minimum absolute atomic E-state index is 0.0563. The van der Waals surface area contributed by atoms with E-state index < -0.39 is 4.92 Å². The van der Waals surface area contributed by atoms with E-state index in [-0.39, 0.29) is 11.6 Å². The molecule has 0 saturated heterocycles. The maximum Gasteiger partial charge on any atom is 0.381 e. The van der Waals surface area contributed by atoms with Crippen LogP contribution in [-0.2, 0) is 11.3 Å². The van der Waals surface area contributed by atoms with E-state index in [9.17, 15) is 14.9 Å². The highest BCUT2D eigenvalue weighted by Gasteiger charge is 2.14. The van der Waals surface area contributed by atoms with Crippen molar-refractivity contribution in [1.82, 2.24) is 9.55 Å². The summed E-state index contributed by atoms with van der Waals surface area (Å²) in [5.74, 6) is 0.435. The van der Waals surface area contributed by atoms with Crippen molar-refractivity contribution in [1.29, 1.82) is 0 Å². The molecule has 0 spiro atoms. The second kappa shape index (κ2) is 3.99. The zero-order valence-corrected chi connectivity index (χ0v) is 8.06. The number of ketones is 1. The summed E-state index contributed by atoms with van der Waals surface area (Å²) in [7, 11) is 0. The number of carbonyl (C=O) groups excluding carboxylic acids is 1. The first-order chi connectivity index (χ1) is 6.50. The number of hydrogen-bond donors (Lipinski definition) is 0. The molecule has 1 aromatic rings. The minimum Gasteiger partial charge on any atom is -0.358 e. The van der Waals surface area contributed by atoms with Crippen LogP contribution in [0.3, 0.4) is 0 Å². The van der Waals surface area contributed by atoms with Gasteiger partial charge in [-0.1, -0.05) is 0 Å². The third kappa shape index (κ3) is 2.38. The lowest BCUT2D eigenvalue weighted by molar-refractivity contribution is -0.389. The summed E-state index contributed by atoms with van der Waals surface area (Å²) in [6, 6.07) is 0. The average molecular weight is 197 g/mol. The van der Waals surface area contributed by atoms with Gasteiger partial charge in [0.15, 0.2) is 0 Å². The zero-order chi connectivity index (χ0) is 10.7. The van der Waals surface area contributed by atoms with Gasteiger partial charge in [-0.3, -0.25) is 4.79 Å². The molecule has 0 aromatic carbocycles. The standard InChI is InChI=1S/C8H11N3O3/c1-6(12)3-4-10-5-8(11(13)14)9-7(10)2/h5H,3-4H2,1-2H3. The van der Waals surface area contributed by atoms with Gasteiger partial charge in [-0.05, 0) is 16.8 Å². The number of hydrogen-bond acceptors (Lipinski definition) is 4. The molecule has 76 valence electrons. The molecule has 0 N–H and O–H groups in total. The molecule has 0 aliphatic carbocycles. The van der Waals surface area contributed by atoms with E-state index in [1.165, 1.54) is 13.1 Å². The quantitative estimate of drug-likeness (QED) is 0.534. The Morgan fingerprint density at radius 2 is 2.36 bits per heavy atom. The van der Waals surface area contributed by atoms with Crippen molar-refractivity contribution >= 4 is 11.6 Å². The molecule has 0 bridgehead atoms. The first kappa shape index (κ1) is 10.4. The van der Waals surface area contributed by atoms with E-state index in [4.69, 9.17) is 0 Å². The van der Waals surface area contributed by atoms with Gasteiger partial charge >= 0.3 is 5.82 Å².